The van der Waals surface area contributed by atoms with E-state index in [2.05, 4.69) is 16.0 Å². The minimum atomic E-state index is -2.40. The van der Waals surface area contributed by atoms with E-state index in [0.29, 0.717) is 5.56 Å². The number of aromatic hydroxyl groups is 1. The molecule has 23 rings (SSSR count). The lowest BCUT2D eigenvalue weighted by Crippen LogP contribution is -2.68. The molecule has 0 saturated carbocycles. The number of ether oxygens (including phenoxy) is 15. The van der Waals surface area contributed by atoms with Crippen molar-refractivity contribution in [2.45, 2.75) is 271 Å². The van der Waals surface area contributed by atoms with Crippen LogP contribution in [-0.2, 0) is 91.9 Å². The van der Waals surface area contributed by atoms with E-state index in [-0.39, 0.29) is 12.2 Å². The number of phenols is 1. The Labute approximate surface area is 604 Å². The summed E-state index contributed by atoms with van der Waals surface area (Å²) in [4.78, 5) is 41.2. The molecule has 22 heterocycles. The molecule has 0 unspecified atom stereocenters. The highest BCUT2D eigenvalue weighted by atomic mass is 16.8. The lowest BCUT2D eigenvalue weighted by atomic mass is 9.95. The van der Waals surface area contributed by atoms with Gasteiger partial charge in [-0.2, -0.15) is 0 Å². The first-order chi connectivity index (χ1) is 50.9. The average molecular weight is 1560 g/mol. The molecule has 1 aromatic rings. The number of aliphatic hydroxyl groups excluding tert-OH is 24. The quantitative estimate of drug-likeness (QED) is 0.0689. The molecule has 3 amide bonds. The summed E-state index contributed by atoms with van der Waals surface area (Å²) in [6.07, 6.45) is -85.1. The fourth-order valence-electron chi connectivity index (χ4n) is 13.8. The van der Waals surface area contributed by atoms with Gasteiger partial charge in [-0.3, -0.25) is 14.4 Å². The lowest BCUT2D eigenvalue weighted by molar-refractivity contribution is -0.396. The van der Waals surface area contributed by atoms with Gasteiger partial charge in [0.2, 0.25) is 17.7 Å². The van der Waals surface area contributed by atoms with Crippen molar-refractivity contribution < 1.29 is 213 Å². The zero-order valence-electron chi connectivity index (χ0n) is 56.3. The third-order valence-electron chi connectivity index (χ3n) is 19.9. The highest BCUT2D eigenvalue weighted by Crippen LogP contribution is 2.39. The van der Waals surface area contributed by atoms with Crippen LogP contribution in [0.25, 0.3) is 0 Å². The molecule has 107 heavy (non-hydrogen) atoms. The van der Waals surface area contributed by atoms with Crippen molar-refractivity contribution >= 4 is 17.7 Å². The molecule has 41 atom stereocenters. The van der Waals surface area contributed by atoms with Crippen molar-refractivity contribution in [3.63, 3.8) is 0 Å². The Balaban J connectivity index is 0.902. The maximum absolute atomic E-state index is 13.8. The molecule has 22 saturated heterocycles. The summed E-state index contributed by atoms with van der Waals surface area (Å²) in [5, 5.41) is 283. The van der Waals surface area contributed by atoms with Gasteiger partial charge in [0.05, 0.1) is 46.2 Å². The van der Waals surface area contributed by atoms with Crippen molar-refractivity contribution in [3.05, 3.63) is 29.8 Å². The van der Waals surface area contributed by atoms with Crippen LogP contribution in [0.1, 0.15) is 18.4 Å². The highest BCUT2D eigenvalue weighted by molar-refractivity contribution is 5.89. The second-order valence-corrected chi connectivity index (χ2v) is 27.0. The van der Waals surface area contributed by atoms with Crippen LogP contribution in [0.15, 0.2) is 24.3 Å². The second-order valence-electron chi connectivity index (χ2n) is 27.0. The van der Waals surface area contributed by atoms with E-state index in [9.17, 15) is 142 Å². The van der Waals surface area contributed by atoms with Crippen molar-refractivity contribution in [2.24, 2.45) is 0 Å². The predicted octanol–water partition coefficient (Wildman–Crippen LogP) is -18.0. The van der Waals surface area contributed by atoms with Crippen LogP contribution in [0.5, 0.6) is 5.75 Å². The van der Waals surface area contributed by atoms with Gasteiger partial charge in [-0.15, -0.1) is 0 Å². The molecule has 0 spiro atoms. The SMILES string of the molecule is O=C(CCC(=O)N[C@@H](Cc1ccc(O)cc1)C(=O)N[C@@H]1O[C@H](CO)[C@@H](O)[C@H](O)[C@@H]1O)NC[C@@H]1O[C@@H]2O[C@H]3[C@@H](O)[C@H](O)[C@@H](O[C@H]4[C@H](O)[C@H](O)[C@@H](O[C@H]5[C@H](O)[C@@H](O)[C@@H](O[C@H]6[C@H](O)[C@@H](O)[C@@H](O[C@H]7[C@H](O)[C@@H](O)[C@@H](O[C@H]8[C@H](O)[C@@H](O)[C@@H](O[C@H]1[C@H](O)[C@H]2O)O[C@H]8CO)O[C@H]7CO)O[C@H]6CO)O[C@@H]5CO)O[C@@H]4CO)O[C@@H]3CO. The fourth-order valence-corrected chi connectivity index (χ4v) is 13.8. The lowest BCUT2D eigenvalue weighted by Gasteiger charge is -2.50. The van der Waals surface area contributed by atoms with Crippen molar-refractivity contribution in [3.8, 4) is 5.75 Å². The number of aliphatic hydroxyl groups is 24. The third kappa shape index (κ3) is 18.6. The molecule has 22 fully saturated rings. The third-order valence-corrected chi connectivity index (χ3v) is 19.9. The topological polar surface area (TPSA) is 732 Å². The molecule has 0 aliphatic carbocycles. The van der Waals surface area contributed by atoms with E-state index < -0.39 is 335 Å². The van der Waals surface area contributed by atoms with Crippen LogP contribution < -0.4 is 16.0 Å². The van der Waals surface area contributed by atoms with Gasteiger partial charge in [0.25, 0.3) is 0 Å². The zero-order chi connectivity index (χ0) is 77.9. The molecule has 28 N–H and O–H groups in total. The number of benzene rings is 1. The van der Waals surface area contributed by atoms with Gasteiger partial charge in [-0.05, 0) is 17.7 Å². The molecule has 0 radical (unpaired) electrons. The number of amides is 3. The number of phenolic OH excluding ortho intramolecular Hbond substituents is 1. The Morgan fingerprint density at radius 3 is 0.869 bits per heavy atom. The summed E-state index contributed by atoms with van der Waals surface area (Å²) >= 11 is 0. The Morgan fingerprint density at radius 2 is 0.579 bits per heavy atom. The number of carbonyl (C=O) groups excluding carboxylic acids is 3. The van der Waals surface area contributed by atoms with E-state index >= 15 is 0 Å². The smallest absolute Gasteiger partial charge is 0.244 e. The number of hydrogen-bond acceptors (Lipinski definition) is 43. The van der Waals surface area contributed by atoms with Crippen LogP contribution in [0.3, 0.4) is 0 Å². The van der Waals surface area contributed by atoms with E-state index in [1.807, 2.05) is 0 Å². The van der Waals surface area contributed by atoms with Crippen LogP contribution >= 0.6 is 0 Å². The molecule has 612 valence electrons. The van der Waals surface area contributed by atoms with E-state index in [4.69, 9.17) is 71.1 Å². The van der Waals surface area contributed by atoms with Crippen LogP contribution in [0.4, 0.5) is 0 Å². The maximum atomic E-state index is 13.8. The molecule has 1 aromatic carbocycles. The monoisotopic (exact) mass is 1560 g/mol. The Kier molecular flexibility index (Phi) is 29.7. The first kappa shape index (κ1) is 85.3. The summed E-state index contributed by atoms with van der Waals surface area (Å²) in [6.45, 7) is -8.51. The number of hydrogen-bond donors (Lipinski definition) is 28. The zero-order valence-corrected chi connectivity index (χ0v) is 56.3. The fraction of sp³-hybridized carbons (Fsp3) is 0.852. The van der Waals surface area contributed by atoms with Gasteiger partial charge in [0.15, 0.2) is 50.3 Å². The first-order valence-corrected chi connectivity index (χ1v) is 34.2. The normalized spacial score (nSPS) is 47.6. The molecular weight excluding hydrogens is 1460 g/mol. The van der Waals surface area contributed by atoms with Crippen LogP contribution in [0, 0.1) is 0 Å². The number of carbonyl (C=O) groups is 3. The summed E-state index contributed by atoms with van der Waals surface area (Å²) in [6, 6.07) is 3.75. The molecule has 0 aromatic heterocycles. The molecule has 46 heteroatoms. The number of rotatable bonds is 17. The molecule has 46 nitrogen and oxygen atoms in total. The van der Waals surface area contributed by atoms with E-state index in [1.165, 1.54) is 24.3 Å². The molecule has 14 bridgehead atoms. The largest absolute Gasteiger partial charge is 0.508 e. The molecular formula is C61H95N3O43. The minimum absolute atomic E-state index is 0.168. The Morgan fingerprint density at radius 1 is 0.308 bits per heavy atom. The standard InChI is InChI=1S/C61H95N3O43/c65-9-20-29(75)30(76)38(84)54(93-20)64-53(92)18(7-16-1-3-17(72)4-2-16)63-28(74)6-5-27(73)62-8-19-46-31(77)39(85)55(94-19)102-47-21(10-66)96-57(41(87)33(47)79)104-49-23(12-68)98-59(43(89)35(49)81)106-51-25(14-70)100-61(45(91)37(51)83)107-52-26(15-71)99-60(44(90)36(52)82)105-50-24(13-69)97-58(42(88)34(50)80)103-48-22(11-67)95-56(101-46)40(86)32(48)78/h1-4,18-26,29-52,54-61,65-72,75-91H,5-15H2,(H,62,73)(H,63,74)(H,64,92)/t18-,19-,20+,21+,22-,23+,24-,25+,26-,29+,30-,31+,32+,33-,34+,35+,36+,37+,38-,39+,40+,41-,42+,43-,44+,45+,46+,47+,48+,49+,50+,51+,52+,54+,55+,56+,57+,58+,59+,60+,61+/m0/s1. The van der Waals surface area contributed by atoms with Crippen molar-refractivity contribution in [1.82, 2.24) is 16.0 Å². The van der Waals surface area contributed by atoms with E-state index in [0.717, 1.165) is 0 Å². The van der Waals surface area contributed by atoms with Crippen LogP contribution in [0.2, 0.25) is 0 Å². The van der Waals surface area contributed by atoms with Crippen molar-refractivity contribution in [2.75, 3.05) is 52.8 Å². The highest BCUT2D eigenvalue weighted by Gasteiger charge is 2.60. The van der Waals surface area contributed by atoms with Crippen LogP contribution in [-0.4, -0.2) is 450 Å². The van der Waals surface area contributed by atoms with Gasteiger partial charge < -0.3 is 215 Å². The summed E-state index contributed by atoms with van der Waals surface area (Å²) < 4.78 is 86.5. The summed E-state index contributed by atoms with van der Waals surface area (Å²) in [7, 11) is 0. The summed E-state index contributed by atoms with van der Waals surface area (Å²) in [5.74, 6) is -3.22. The number of nitrogens with one attached hydrogen (secondary N) is 3. The van der Waals surface area contributed by atoms with Gasteiger partial charge in [-0.25, -0.2) is 0 Å². The first-order valence-electron chi connectivity index (χ1n) is 34.2. The Bertz CT molecular complexity index is 2960. The predicted molar refractivity (Wildman–Crippen MR) is 329 cm³/mol. The second kappa shape index (κ2) is 37.2. The van der Waals surface area contributed by atoms with Gasteiger partial charge in [-0.1, -0.05) is 12.1 Å². The van der Waals surface area contributed by atoms with Gasteiger partial charge in [0.1, 0.15) is 207 Å². The van der Waals surface area contributed by atoms with Gasteiger partial charge in [0, 0.05) is 25.8 Å². The maximum Gasteiger partial charge on any atom is 0.244 e. The average Bonchev–Trinajstić information content (AvgIpc) is 0.800. The Hall–Kier alpha value is -4.13. The molecule has 22 aliphatic rings. The minimum Gasteiger partial charge on any atom is -0.508 e. The molecule has 22 aliphatic heterocycles. The van der Waals surface area contributed by atoms with Gasteiger partial charge >= 0.3 is 0 Å². The van der Waals surface area contributed by atoms with Crippen molar-refractivity contribution in [1.29, 1.82) is 0 Å². The summed E-state index contributed by atoms with van der Waals surface area (Å²) in [5.41, 5.74) is 0.348. The van der Waals surface area contributed by atoms with E-state index in [1.54, 1.807) is 0 Å².